The summed E-state index contributed by atoms with van der Waals surface area (Å²) >= 11 is 0. The SMILES string of the molecule is CC[Si](CC)(CC)Oc1c(F)cc2c(c1-c1c(O)c(F)cc3c1CCCC3)CCCC2. The molecule has 0 heterocycles. The minimum Gasteiger partial charge on any atom is -0.541 e. The van der Waals surface area contributed by atoms with E-state index in [-0.39, 0.29) is 17.3 Å². The summed E-state index contributed by atoms with van der Waals surface area (Å²) in [5.74, 6) is -1.07. The van der Waals surface area contributed by atoms with Crippen LogP contribution in [0.15, 0.2) is 12.1 Å². The lowest BCUT2D eigenvalue weighted by atomic mass is 9.80. The van der Waals surface area contributed by atoms with Gasteiger partial charge >= 0.3 is 0 Å². The van der Waals surface area contributed by atoms with Crippen molar-refractivity contribution in [3.05, 3.63) is 46.0 Å². The summed E-state index contributed by atoms with van der Waals surface area (Å²) in [7, 11) is -2.18. The number of phenolic OH excluding ortho intramolecular Hbond substituents is 1. The van der Waals surface area contributed by atoms with E-state index < -0.39 is 14.1 Å². The minimum absolute atomic E-state index is 0.256. The maximum atomic E-state index is 15.6. The fraction of sp³-hybridized carbons (Fsp3) is 0.538. The van der Waals surface area contributed by atoms with Gasteiger partial charge in [0.1, 0.15) is 5.75 Å². The van der Waals surface area contributed by atoms with Gasteiger partial charge in [0.15, 0.2) is 17.4 Å². The second-order valence-corrected chi connectivity index (χ2v) is 13.9. The Morgan fingerprint density at radius 1 is 0.774 bits per heavy atom. The number of hydrogen-bond donors (Lipinski definition) is 1. The van der Waals surface area contributed by atoms with Crippen LogP contribution in [0.25, 0.3) is 11.1 Å². The molecule has 0 amide bonds. The molecule has 0 aromatic heterocycles. The van der Waals surface area contributed by atoms with Crippen molar-refractivity contribution in [3.63, 3.8) is 0 Å². The molecule has 0 saturated heterocycles. The largest absolute Gasteiger partial charge is 0.541 e. The number of benzene rings is 2. The van der Waals surface area contributed by atoms with Gasteiger partial charge in [0.05, 0.1) is 0 Å². The van der Waals surface area contributed by atoms with E-state index in [1.807, 2.05) is 0 Å². The molecule has 2 aromatic rings. The highest BCUT2D eigenvalue weighted by atomic mass is 28.4. The molecule has 0 bridgehead atoms. The predicted molar refractivity (Wildman–Crippen MR) is 125 cm³/mol. The van der Waals surface area contributed by atoms with Crippen LogP contribution in [0, 0.1) is 11.6 Å². The van der Waals surface area contributed by atoms with Crippen LogP contribution in [0.5, 0.6) is 11.5 Å². The van der Waals surface area contributed by atoms with Crippen LogP contribution >= 0.6 is 0 Å². The molecule has 168 valence electrons. The lowest BCUT2D eigenvalue weighted by Gasteiger charge is -2.33. The zero-order chi connectivity index (χ0) is 22.2. The molecule has 2 aliphatic carbocycles. The van der Waals surface area contributed by atoms with Gasteiger partial charge in [0, 0.05) is 11.1 Å². The van der Waals surface area contributed by atoms with Gasteiger partial charge in [-0.3, -0.25) is 0 Å². The average molecular weight is 445 g/mol. The van der Waals surface area contributed by atoms with Crippen LogP contribution < -0.4 is 4.43 Å². The molecule has 0 aliphatic heterocycles. The zero-order valence-electron chi connectivity index (χ0n) is 19.0. The van der Waals surface area contributed by atoms with Crippen molar-refractivity contribution in [3.8, 4) is 22.6 Å². The highest BCUT2D eigenvalue weighted by Crippen LogP contribution is 2.49. The Hall–Kier alpha value is -1.88. The Bertz CT molecular complexity index is 974. The fourth-order valence-electron chi connectivity index (χ4n) is 5.52. The van der Waals surface area contributed by atoms with E-state index in [4.69, 9.17) is 4.43 Å². The second kappa shape index (κ2) is 8.93. The van der Waals surface area contributed by atoms with Crippen LogP contribution in [0.3, 0.4) is 0 Å². The van der Waals surface area contributed by atoms with Crippen molar-refractivity contribution >= 4 is 8.32 Å². The second-order valence-electron chi connectivity index (χ2n) is 9.18. The van der Waals surface area contributed by atoms with E-state index >= 15 is 4.39 Å². The number of halogens is 2. The van der Waals surface area contributed by atoms with E-state index in [0.717, 1.165) is 91.8 Å². The van der Waals surface area contributed by atoms with Crippen LogP contribution in [-0.2, 0) is 25.7 Å². The molecule has 4 rings (SSSR count). The number of hydrogen-bond acceptors (Lipinski definition) is 2. The third-order valence-electron chi connectivity index (χ3n) is 7.64. The van der Waals surface area contributed by atoms with E-state index in [9.17, 15) is 9.50 Å². The highest BCUT2D eigenvalue weighted by Gasteiger charge is 2.36. The summed E-state index contributed by atoms with van der Waals surface area (Å²) in [5, 5.41) is 11.0. The van der Waals surface area contributed by atoms with Gasteiger partial charge in [-0.1, -0.05) is 20.8 Å². The van der Waals surface area contributed by atoms with Gasteiger partial charge in [-0.25, -0.2) is 8.78 Å². The Morgan fingerprint density at radius 3 is 1.81 bits per heavy atom. The lowest BCUT2D eigenvalue weighted by molar-refractivity contribution is 0.430. The third-order valence-corrected chi connectivity index (χ3v) is 12.1. The van der Waals surface area contributed by atoms with E-state index in [2.05, 4.69) is 20.8 Å². The topological polar surface area (TPSA) is 29.5 Å². The van der Waals surface area contributed by atoms with E-state index in [1.165, 1.54) is 6.07 Å². The molecule has 2 aliphatic rings. The summed E-state index contributed by atoms with van der Waals surface area (Å²) in [6.45, 7) is 6.37. The predicted octanol–water partition coefficient (Wildman–Crippen LogP) is 7.48. The van der Waals surface area contributed by atoms with Crippen molar-refractivity contribution in [2.45, 2.75) is 90.3 Å². The first-order chi connectivity index (χ1) is 14.9. The Labute approximate surface area is 185 Å². The first-order valence-electron chi connectivity index (χ1n) is 12.0. The minimum atomic E-state index is -2.18. The number of phenols is 1. The van der Waals surface area contributed by atoms with Crippen molar-refractivity contribution in [1.82, 2.24) is 0 Å². The Balaban J connectivity index is 2.04. The quantitative estimate of drug-likeness (QED) is 0.468. The maximum Gasteiger partial charge on any atom is 0.250 e. The van der Waals surface area contributed by atoms with Gasteiger partial charge in [0.25, 0.3) is 8.32 Å². The lowest BCUT2D eigenvalue weighted by Crippen LogP contribution is -2.40. The van der Waals surface area contributed by atoms with Crippen molar-refractivity contribution in [1.29, 1.82) is 0 Å². The van der Waals surface area contributed by atoms with Gasteiger partial charge in [0.2, 0.25) is 0 Å². The van der Waals surface area contributed by atoms with Crippen molar-refractivity contribution < 1.29 is 18.3 Å². The summed E-state index contributed by atoms with van der Waals surface area (Å²) < 4.78 is 37.2. The zero-order valence-corrected chi connectivity index (χ0v) is 20.0. The van der Waals surface area contributed by atoms with Gasteiger partial charge in [-0.2, -0.15) is 0 Å². The van der Waals surface area contributed by atoms with Crippen LogP contribution in [0.2, 0.25) is 18.1 Å². The average Bonchev–Trinajstić information content (AvgIpc) is 2.79. The molecule has 1 N–H and O–H groups in total. The molecule has 5 heteroatoms. The summed E-state index contributed by atoms with van der Waals surface area (Å²) in [4.78, 5) is 0. The molecule has 0 saturated carbocycles. The van der Waals surface area contributed by atoms with Gasteiger partial charge in [-0.05, 0) is 104 Å². The maximum absolute atomic E-state index is 15.6. The Morgan fingerprint density at radius 2 is 1.26 bits per heavy atom. The van der Waals surface area contributed by atoms with Gasteiger partial charge < -0.3 is 9.53 Å². The first kappa shape index (κ1) is 22.3. The smallest absolute Gasteiger partial charge is 0.250 e. The van der Waals surface area contributed by atoms with Crippen LogP contribution in [0.4, 0.5) is 8.78 Å². The van der Waals surface area contributed by atoms with Gasteiger partial charge in [-0.15, -0.1) is 0 Å². The van der Waals surface area contributed by atoms with Crippen molar-refractivity contribution in [2.75, 3.05) is 0 Å². The molecule has 2 nitrogen and oxygen atoms in total. The molecular formula is C26H34F2O2Si. The van der Waals surface area contributed by atoms with Crippen molar-refractivity contribution in [2.24, 2.45) is 0 Å². The standard InChI is InChI=1S/C26H34F2O2Si/c1-4-31(5-2,6-3)30-26-22(28)16-18-12-8-10-14-20(18)24(26)23-19-13-9-7-11-17(19)15-21(27)25(23)29/h15-16,29H,4-14H2,1-3H3. The van der Waals surface area contributed by atoms with Crippen LogP contribution in [0.1, 0.15) is 68.7 Å². The van der Waals surface area contributed by atoms with Crippen LogP contribution in [-0.4, -0.2) is 13.4 Å². The molecular weight excluding hydrogens is 410 g/mol. The van der Waals surface area contributed by atoms with E-state index in [1.54, 1.807) is 6.07 Å². The Kier molecular flexibility index (Phi) is 6.43. The molecule has 0 fully saturated rings. The molecule has 0 unspecified atom stereocenters. The van der Waals surface area contributed by atoms with E-state index in [0.29, 0.717) is 11.1 Å². The fourth-order valence-corrected chi connectivity index (χ4v) is 8.09. The third kappa shape index (κ3) is 3.90. The summed E-state index contributed by atoms with van der Waals surface area (Å²) in [5.41, 5.74) is 5.08. The highest BCUT2D eigenvalue weighted by molar-refractivity contribution is 6.74. The molecule has 0 atom stereocenters. The number of aryl methyl sites for hydroxylation is 2. The monoisotopic (exact) mass is 444 g/mol. The molecule has 2 aromatic carbocycles. The molecule has 0 spiro atoms. The molecule has 31 heavy (non-hydrogen) atoms. The molecule has 0 radical (unpaired) electrons. The number of fused-ring (bicyclic) bond motifs is 2. The number of aromatic hydroxyl groups is 1. The summed E-state index contributed by atoms with van der Waals surface area (Å²) in [6.07, 6.45) is 7.25. The normalized spacial score (nSPS) is 16.0. The first-order valence-corrected chi connectivity index (χ1v) is 14.5. The number of rotatable bonds is 6. The summed E-state index contributed by atoms with van der Waals surface area (Å²) in [6, 6.07) is 5.79.